The zero-order valence-corrected chi connectivity index (χ0v) is 17.9. The Morgan fingerprint density at radius 3 is 2.45 bits per heavy atom. The number of amides is 2. The lowest BCUT2D eigenvalue weighted by Crippen LogP contribution is -2.29. The third-order valence-corrected chi connectivity index (χ3v) is 6.32. The number of sulfonamides is 1. The van der Waals surface area contributed by atoms with Crippen LogP contribution in [0.4, 0.5) is 11.4 Å². The van der Waals surface area contributed by atoms with Gasteiger partial charge in [-0.05, 0) is 42.0 Å². The molecule has 0 radical (unpaired) electrons. The maximum Gasteiger partial charge on any atom is 0.280 e. The molecule has 2 aromatic carbocycles. The second-order valence-corrected chi connectivity index (χ2v) is 8.64. The van der Waals surface area contributed by atoms with Gasteiger partial charge in [0.15, 0.2) is 0 Å². The number of carbonyl (C=O) groups is 2. The van der Waals surface area contributed by atoms with Crippen molar-refractivity contribution in [2.75, 3.05) is 11.8 Å². The van der Waals surface area contributed by atoms with Crippen molar-refractivity contribution in [3.05, 3.63) is 87.7 Å². The van der Waals surface area contributed by atoms with Gasteiger partial charge in [-0.3, -0.25) is 34.3 Å². The third-order valence-electron chi connectivity index (χ3n) is 4.92. The molecule has 11 nitrogen and oxygen atoms in total. The van der Waals surface area contributed by atoms with E-state index in [1.807, 2.05) is 0 Å². The zero-order chi connectivity index (χ0) is 23.8. The van der Waals surface area contributed by atoms with E-state index in [0.717, 1.165) is 4.90 Å². The summed E-state index contributed by atoms with van der Waals surface area (Å²) in [5, 5.41) is 10.8. The topological polar surface area (TPSA) is 149 Å². The van der Waals surface area contributed by atoms with Gasteiger partial charge in [-0.2, -0.15) is 0 Å². The first kappa shape index (κ1) is 21.9. The van der Waals surface area contributed by atoms with E-state index in [4.69, 9.17) is 4.74 Å². The third kappa shape index (κ3) is 4.11. The Balaban J connectivity index is 1.62. The van der Waals surface area contributed by atoms with Crippen molar-refractivity contribution in [3.63, 3.8) is 0 Å². The van der Waals surface area contributed by atoms with Crippen molar-refractivity contribution in [2.45, 2.75) is 11.4 Å². The summed E-state index contributed by atoms with van der Waals surface area (Å²) in [6.45, 7) is -0.169. The quantitative estimate of drug-likeness (QED) is 0.316. The van der Waals surface area contributed by atoms with Crippen LogP contribution in [0, 0.1) is 10.1 Å². The van der Waals surface area contributed by atoms with Crippen LogP contribution in [-0.2, 0) is 16.6 Å². The molecule has 0 unspecified atom stereocenters. The van der Waals surface area contributed by atoms with Gasteiger partial charge < -0.3 is 4.74 Å². The molecule has 0 atom stereocenters. The number of nitrogens with one attached hydrogen (secondary N) is 1. The number of nitro benzene ring substituents is 1. The highest BCUT2D eigenvalue weighted by atomic mass is 32.2. The summed E-state index contributed by atoms with van der Waals surface area (Å²) in [7, 11) is -2.87. The molecule has 33 heavy (non-hydrogen) atoms. The smallest absolute Gasteiger partial charge is 0.280 e. The first-order valence-electron chi connectivity index (χ1n) is 9.46. The number of aromatic nitrogens is 1. The molecule has 0 spiro atoms. The molecule has 1 aliphatic rings. The van der Waals surface area contributed by atoms with Gasteiger partial charge in [-0.15, -0.1) is 0 Å². The lowest BCUT2D eigenvalue weighted by molar-refractivity contribution is -0.384. The molecule has 12 heteroatoms. The number of nitro groups is 1. The van der Waals surface area contributed by atoms with Crippen LogP contribution in [0.5, 0.6) is 5.75 Å². The molecule has 0 saturated carbocycles. The summed E-state index contributed by atoms with van der Waals surface area (Å²) in [5.74, 6) is -1.05. The van der Waals surface area contributed by atoms with E-state index >= 15 is 0 Å². The van der Waals surface area contributed by atoms with E-state index in [-0.39, 0.29) is 39.8 Å². The van der Waals surface area contributed by atoms with E-state index in [1.54, 1.807) is 12.1 Å². The Morgan fingerprint density at radius 1 is 1.09 bits per heavy atom. The summed E-state index contributed by atoms with van der Waals surface area (Å²) < 4.78 is 33.5. The molecule has 2 heterocycles. The van der Waals surface area contributed by atoms with Crippen LogP contribution in [0.2, 0.25) is 0 Å². The van der Waals surface area contributed by atoms with Crippen LogP contribution in [-0.4, -0.2) is 42.1 Å². The lowest BCUT2D eigenvalue weighted by atomic mass is 10.2. The summed E-state index contributed by atoms with van der Waals surface area (Å²) >= 11 is 0. The molecular weight excluding hydrogens is 452 g/mol. The largest absolute Gasteiger partial charge is 0.495 e. The molecular formula is C21H16N4O7S. The second kappa shape index (κ2) is 8.31. The van der Waals surface area contributed by atoms with Gasteiger partial charge >= 0.3 is 0 Å². The molecule has 0 bridgehead atoms. The molecule has 3 aromatic rings. The van der Waals surface area contributed by atoms with Gasteiger partial charge in [0.05, 0.1) is 24.1 Å². The van der Waals surface area contributed by atoms with Crippen molar-refractivity contribution in [3.8, 4) is 5.75 Å². The predicted molar refractivity (Wildman–Crippen MR) is 115 cm³/mol. The maximum atomic E-state index is 13.0. The number of fused-ring (bicyclic) bond motifs is 1. The summed E-state index contributed by atoms with van der Waals surface area (Å²) in [6.07, 6.45) is 1.41. The van der Waals surface area contributed by atoms with Gasteiger partial charge in [0.25, 0.3) is 27.5 Å². The summed E-state index contributed by atoms with van der Waals surface area (Å²) in [4.78, 5) is 40.1. The average Bonchev–Trinajstić information content (AvgIpc) is 3.04. The number of benzene rings is 2. The fourth-order valence-electron chi connectivity index (χ4n) is 3.33. The van der Waals surface area contributed by atoms with Crippen LogP contribution < -0.4 is 9.46 Å². The fourth-order valence-corrected chi connectivity index (χ4v) is 4.61. The van der Waals surface area contributed by atoms with E-state index in [0.29, 0.717) is 5.56 Å². The van der Waals surface area contributed by atoms with Gasteiger partial charge in [0, 0.05) is 24.0 Å². The highest BCUT2D eigenvalue weighted by Crippen LogP contribution is 2.29. The fraction of sp³-hybridized carbons (Fsp3) is 0.0952. The number of nitrogens with zero attached hydrogens (tertiary/aromatic N) is 3. The van der Waals surface area contributed by atoms with Crippen molar-refractivity contribution in [2.24, 2.45) is 0 Å². The van der Waals surface area contributed by atoms with Crippen LogP contribution in [0.3, 0.4) is 0 Å². The first-order valence-corrected chi connectivity index (χ1v) is 10.9. The first-order chi connectivity index (χ1) is 15.7. The average molecular weight is 468 g/mol. The van der Waals surface area contributed by atoms with E-state index < -0.39 is 26.8 Å². The number of hydrogen-bond donors (Lipinski definition) is 1. The molecule has 2 amide bonds. The number of rotatable bonds is 7. The minimum absolute atomic E-state index is 0.0391. The molecule has 0 fully saturated rings. The van der Waals surface area contributed by atoms with Crippen molar-refractivity contribution in [1.29, 1.82) is 0 Å². The number of carbonyl (C=O) groups excluding carboxylic acids is 2. The number of ether oxygens (including phenoxy) is 1. The molecule has 0 saturated heterocycles. The van der Waals surface area contributed by atoms with Crippen molar-refractivity contribution < 1.29 is 27.7 Å². The predicted octanol–water partition coefficient (Wildman–Crippen LogP) is 2.60. The SMILES string of the molecule is COc1ccc(CN2C(=O)c3cccnc3C2=O)cc1S(=O)(=O)Nc1ccc([N+](=O)[O-])cc1. The van der Waals surface area contributed by atoms with Gasteiger partial charge in [0.1, 0.15) is 16.3 Å². The molecule has 0 aliphatic carbocycles. The molecule has 168 valence electrons. The number of anilines is 1. The van der Waals surface area contributed by atoms with Gasteiger partial charge in [0.2, 0.25) is 0 Å². The summed E-state index contributed by atoms with van der Waals surface area (Å²) in [5.41, 5.74) is 0.522. The Morgan fingerprint density at radius 2 is 1.82 bits per heavy atom. The minimum Gasteiger partial charge on any atom is -0.495 e. The van der Waals surface area contributed by atoms with Gasteiger partial charge in [-0.25, -0.2) is 8.42 Å². The zero-order valence-electron chi connectivity index (χ0n) is 17.1. The number of methoxy groups -OCH3 is 1. The van der Waals surface area contributed by atoms with Crippen LogP contribution in [0.1, 0.15) is 26.4 Å². The lowest BCUT2D eigenvalue weighted by Gasteiger charge is -2.16. The Bertz CT molecular complexity index is 1350. The highest BCUT2D eigenvalue weighted by molar-refractivity contribution is 7.92. The van der Waals surface area contributed by atoms with Crippen LogP contribution in [0.15, 0.2) is 65.7 Å². The standard InChI is InChI=1S/C21H16N4O7S/c1-32-17-9-4-13(12-24-20(26)16-3-2-10-22-19(16)21(24)27)11-18(17)33(30,31)23-14-5-7-15(8-6-14)25(28)29/h2-11,23H,12H2,1H3. The van der Waals surface area contributed by atoms with E-state index in [1.165, 1.54) is 55.8 Å². The monoisotopic (exact) mass is 468 g/mol. The molecule has 1 N–H and O–H groups in total. The van der Waals surface area contributed by atoms with Crippen molar-refractivity contribution >= 4 is 33.2 Å². The highest BCUT2D eigenvalue weighted by Gasteiger charge is 2.36. The number of pyridine rings is 1. The normalized spacial score (nSPS) is 13.1. The maximum absolute atomic E-state index is 13.0. The van der Waals surface area contributed by atoms with Crippen molar-refractivity contribution in [1.82, 2.24) is 9.88 Å². The van der Waals surface area contributed by atoms with E-state index in [2.05, 4.69) is 9.71 Å². The Hall–Kier alpha value is -4.32. The van der Waals surface area contributed by atoms with Gasteiger partial charge in [-0.1, -0.05) is 6.07 Å². The van der Waals surface area contributed by atoms with Crippen LogP contribution in [0.25, 0.3) is 0 Å². The molecule has 1 aliphatic heterocycles. The summed E-state index contributed by atoms with van der Waals surface area (Å²) in [6, 6.07) is 12.2. The Kier molecular flexibility index (Phi) is 5.52. The molecule has 1 aromatic heterocycles. The van der Waals surface area contributed by atoms with Crippen LogP contribution >= 0.6 is 0 Å². The Labute approximate surface area is 187 Å². The number of hydrogen-bond acceptors (Lipinski definition) is 8. The second-order valence-electron chi connectivity index (χ2n) is 6.99. The number of imide groups is 1. The molecule has 4 rings (SSSR count). The van der Waals surface area contributed by atoms with E-state index in [9.17, 15) is 28.1 Å². The minimum atomic E-state index is -4.17. The number of non-ortho nitro benzene ring substituents is 1.